The maximum absolute atomic E-state index is 15.0. The summed E-state index contributed by atoms with van der Waals surface area (Å²) in [4.78, 5) is 33.1. The van der Waals surface area contributed by atoms with Gasteiger partial charge >= 0.3 is 0 Å². The number of ketones is 2. The molecule has 0 aromatic carbocycles. The molecule has 5 aliphatic carbocycles. The van der Waals surface area contributed by atoms with Crippen molar-refractivity contribution in [2.24, 2.45) is 54.7 Å². The zero-order chi connectivity index (χ0) is 32.0. The van der Waals surface area contributed by atoms with Gasteiger partial charge in [-0.3, -0.25) is 9.59 Å². The number of aliphatic hydroxyl groups is 1. The van der Waals surface area contributed by atoms with Gasteiger partial charge in [0.05, 0.1) is 30.4 Å². The number of carbonyl (C=O) groups is 2. The Morgan fingerprint density at radius 3 is 2.35 bits per heavy atom. The molecule has 43 heavy (non-hydrogen) atoms. The molecule has 5 aliphatic rings. The number of nitrogens with zero attached hydrogens (tertiary/aromatic N) is 2. The predicted octanol–water partition coefficient (Wildman–Crippen LogP) is 7.31. The molecule has 0 aromatic heterocycles. The molecular formula is C37H50N2O4. The van der Waals surface area contributed by atoms with Crippen LogP contribution in [0.2, 0.25) is 0 Å². The van der Waals surface area contributed by atoms with E-state index in [2.05, 4.69) is 59.9 Å². The number of fused-ring (bicyclic) bond motifs is 7. The molecule has 0 heterocycles. The third-order valence-corrected chi connectivity index (χ3v) is 13.5. The SMILES string of the molecule is C=C[C@@]12CC(C)(C)CC[C@]1(C(=NC(=C)CO)OC)CC[C@]1(C)[C@@H]2C(=O)C=C2[C@@]3(C)C=C(C#N)C(=O)C(C)(C)C3CC[C@]21C. The van der Waals surface area contributed by atoms with Gasteiger partial charge in [0, 0.05) is 22.2 Å². The molecule has 5 rings (SSSR count). The molecule has 0 saturated heterocycles. The highest BCUT2D eigenvalue weighted by Crippen LogP contribution is 2.78. The van der Waals surface area contributed by atoms with Crippen LogP contribution in [0.5, 0.6) is 0 Å². The lowest BCUT2D eigenvalue weighted by Crippen LogP contribution is -2.69. The number of aliphatic imine (C=N–C) groups is 1. The zero-order valence-corrected chi connectivity index (χ0v) is 27.5. The Hall–Kier alpha value is -2.78. The summed E-state index contributed by atoms with van der Waals surface area (Å²) in [6.45, 7) is 23.4. The monoisotopic (exact) mass is 586 g/mol. The summed E-state index contributed by atoms with van der Waals surface area (Å²) in [5, 5.41) is 19.8. The third kappa shape index (κ3) is 3.82. The Labute approximate surface area is 258 Å². The smallest absolute Gasteiger partial charge is 0.195 e. The summed E-state index contributed by atoms with van der Waals surface area (Å²) in [6.07, 6.45) is 11.6. The van der Waals surface area contributed by atoms with Gasteiger partial charge in [-0.25, -0.2) is 4.99 Å². The van der Waals surface area contributed by atoms with E-state index in [-0.39, 0.29) is 46.4 Å². The van der Waals surface area contributed by atoms with Gasteiger partial charge in [0.2, 0.25) is 0 Å². The van der Waals surface area contributed by atoms with Crippen molar-refractivity contribution in [1.82, 2.24) is 0 Å². The van der Waals surface area contributed by atoms with Crippen molar-refractivity contribution in [3.05, 3.63) is 48.2 Å². The van der Waals surface area contributed by atoms with E-state index in [1.54, 1.807) is 7.11 Å². The van der Waals surface area contributed by atoms with Crippen LogP contribution >= 0.6 is 0 Å². The maximum atomic E-state index is 15.0. The number of carbonyl (C=O) groups excluding carboxylic acids is 2. The molecule has 1 unspecified atom stereocenters. The van der Waals surface area contributed by atoms with Crippen LogP contribution < -0.4 is 0 Å². The van der Waals surface area contributed by atoms with Crippen LogP contribution in [0.25, 0.3) is 0 Å². The summed E-state index contributed by atoms with van der Waals surface area (Å²) >= 11 is 0. The van der Waals surface area contributed by atoms with Gasteiger partial charge in [-0.1, -0.05) is 72.8 Å². The number of aliphatic hydroxyl groups excluding tert-OH is 1. The average molecular weight is 587 g/mol. The summed E-state index contributed by atoms with van der Waals surface area (Å²) in [7, 11) is 1.63. The van der Waals surface area contributed by atoms with Gasteiger partial charge in [-0.05, 0) is 73.2 Å². The van der Waals surface area contributed by atoms with Crippen molar-refractivity contribution in [2.75, 3.05) is 13.7 Å². The molecular weight excluding hydrogens is 536 g/mol. The number of hydrogen-bond acceptors (Lipinski definition) is 6. The first-order valence-corrected chi connectivity index (χ1v) is 15.9. The molecule has 7 atom stereocenters. The van der Waals surface area contributed by atoms with E-state index in [1.165, 1.54) is 0 Å². The third-order valence-electron chi connectivity index (χ3n) is 13.5. The number of methoxy groups -OCH3 is 1. The normalized spacial score (nSPS) is 43.0. The van der Waals surface area contributed by atoms with Crippen LogP contribution in [0.15, 0.2) is 53.2 Å². The van der Waals surface area contributed by atoms with Crippen LogP contribution in [0.1, 0.15) is 93.4 Å². The van der Waals surface area contributed by atoms with Gasteiger partial charge in [0.15, 0.2) is 17.5 Å². The van der Waals surface area contributed by atoms with Crippen molar-refractivity contribution in [3.63, 3.8) is 0 Å². The number of rotatable bonds is 4. The molecule has 0 aromatic rings. The first-order valence-electron chi connectivity index (χ1n) is 15.9. The highest BCUT2D eigenvalue weighted by atomic mass is 16.5. The van der Waals surface area contributed by atoms with Gasteiger partial charge < -0.3 is 9.84 Å². The first-order chi connectivity index (χ1) is 19.9. The molecule has 3 fully saturated rings. The van der Waals surface area contributed by atoms with Crippen molar-refractivity contribution >= 4 is 17.5 Å². The second-order valence-corrected chi connectivity index (χ2v) is 16.3. The van der Waals surface area contributed by atoms with E-state index in [0.717, 1.165) is 50.5 Å². The quantitative estimate of drug-likeness (QED) is 0.211. The largest absolute Gasteiger partial charge is 0.484 e. The van der Waals surface area contributed by atoms with Gasteiger partial charge in [0.1, 0.15) is 6.07 Å². The Morgan fingerprint density at radius 2 is 1.77 bits per heavy atom. The predicted molar refractivity (Wildman–Crippen MR) is 169 cm³/mol. The molecule has 6 nitrogen and oxygen atoms in total. The minimum Gasteiger partial charge on any atom is -0.484 e. The van der Waals surface area contributed by atoms with Crippen molar-refractivity contribution in [1.29, 1.82) is 5.26 Å². The summed E-state index contributed by atoms with van der Waals surface area (Å²) in [6, 6.07) is 2.19. The van der Waals surface area contributed by atoms with Crippen LogP contribution in [-0.4, -0.2) is 36.3 Å². The molecule has 3 saturated carbocycles. The fourth-order valence-corrected chi connectivity index (χ4v) is 11.3. The highest BCUT2D eigenvalue weighted by molar-refractivity contribution is 6.05. The van der Waals surface area contributed by atoms with Gasteiger partial charge in [-0.15, -0.1) is 6.58 Å². The second kappa shape index (κ2) is 9.61. The van der Waals surface area contributed by atoms with E-state index in [1.807, 2.05) is 26.0 Å². The lowest BCUT2D eigenvalue weighted by molar-refractivity contribution is -0.182. The minimum atomic E-state index is -0.700. The van der Waals surface area contributed by atoms with E-state index < -0.39 is 27.1 Å². The first kappa shape index (κ1) is 31.6. The Kier molecular flexibility index (Phi) is 7.07. The number of nitriles is 1. The van der Waals surface area contributed by atoms with E-state index in [4.69, 9.17) is 9.73 Å². The van der Waals surface area contributed by atoms with Crippen molar-refractivity contribution < 1.29 is 19.4 Å². The van der Waals surface area contributed by atoms with Crippen LogP contribution in [0.3, 0.4) is 0 Å². The van der Waals surface area contributed by atoms with Crippen LogP contribution in [0, 0.1) is 61.1 Å². The van der Waals surface area contributed by atoms with Crippen LogP contribution in [0.4, 0.5) is 0 Å². The Morgan fingerprint density at radius 1 is 1.12 bits per heavy atom. The molecule has 0 radical (unpaired) electrons. The van der Waals surface area contributed by atoms with Crippen LogP contribution in [-0.2, 0) is 14.3 Å². The molecule has 0 amide bonds. The van der Waals surface area contributed by atoms with E-state index in [9.17, 15) is 20.0 Å². The van der Waals surface area contributed by atoms with Crippen molar-refractivity contribution in [3.8, 4) is 6.07 Å². The number of Topliss-reactive ketones (excluding diaryl/α,β-unsaturated/α-hetero) is 1. The van der Waals surface area contributed by atoms with Gasteiger partial charge in [0.25, 0.3) is 0 Å². The fourth-order valence-electron chi connectivity index (χ4n) is 11.3. The fraction of sp³-hybridized carbons (Fsp3) is 0.676. The Bertz CT molecular complexity index is 1440. The summed E-state index contributed by atoms with van der Waals surface area (Å²) < 4.78 is 6.07. The number of allylic oxidation sites excluding steroid dienone is 5. The maximum Gasteiger partial charge on any atom is 0.195 e. The molecule has 232 valence electrons. The number of hydrogen-bond donors (Lipinski definition) is 1. The molecule has 0 bridgehead atoms. The Balaban J connectivity index is 1.78. The summed E-state index contributed by atoms with van der Waals surface area (Å²) in [5.41, 5.74) is -1.65. The topological polar surface area (TPSA) is 99.8 Å². The number of ether oxygens (including phenoxy) is 1. The lowest BCUT2D eigenvalue weighted by atomic mass is 9.30. The minimum absolute atomic E-state index is 0.00161. The lowest BCUT2D eigenvalue weighted by Gasteiger charge is -2.72. The standard InChI is InChI=1S/C37H50N2O4/c1-11-36-22-31(3,4)14-16-37(36,30(43-10)39-23(2)21-40)17-15-35(9)28(36)25(41)18-27-33(7)19-24(20-38)29(42)32(5,6)26(33)12-13-34(27,35)8/h11,18-19,26,28,40H,1-2,12-17,21-22H2,3-10H3/t26?,28-,33-,34+,35+,36-,37+/m0/s1. The molecule has 1 N–H and O–H groups in total. The molecule has 0 spiro atoms. The molecule has 0 aliphatic heterocycles. The molecule has 6 heteroatoms. The van der Waals surface area contributed by atoms with E-state index >= 15 is 0 Å². The average Bonchev–Trinajstić information content (AvgIpc) is 2.94. The zero-order valence-electron chi connectivity index (χ0n) is 27.5. The van der Waals surface area contributed by atoms with E-state index in [0.29, 0.717) is 11.6 Å². The van der Waals surface area contributed by atoms with Crippen molar-refractivity contribution in [2.45, 2.75) is 93.4 Å². The van der Waals surface area contributed by atoms with Gasteiger partial charge in [-0.2, -0.15) is 5.26 Å². The highest BCUT2D eigenvalue weighted by Gasteiger charge is 2.75. The second-order valence-electron chi connectivity index (χ2n) is 16.3. The summed E-state index contributed by atoms with van der Waals surface area (Å²) in [5.74, 6) is 0.178.